The van der Waals surface area contributed by atoms with E-state index in [-0.39, 0.29) is 0 Å². The molecular formula is C11H14BrNO. The van der Waals surface area contributed by atoms with Gasteiger partial charge in [-0.15, -0.1) is 0 Å². The molecule has 76 valence electrons. The molecule has 1 aromatic rings. The second-order valence-corrected chi connectivity index (χ2v) is 5.02. The van der Waals surface area contributed by atoms with Gasteiger partial charge in [-0.25, -0.2) is 0 Å². The first-order valence-electron chi connectivity index (χ1n) is 4.83. The summed E-state index contributed by atoms with van der Waals surface area (Å²) >= 11 is 3.31. The third-order valence-corrected chi connectivity index (χ3v) is 3.62. The van der Waals surface area contributed by atoms with Gasteiger partial charge in [0.25, 0.3) is 0 Å². The van der Waals surface area contributed by atoms with Gasteiger partial charge >= 0.3 is 0 Å². The van der Waals surface area contributed by atoms with E-state index in [1.807, 2.05) is 12.1 Å². The van der Waals surface area contributed by atoms with Gasteiger partial charge in [-0.05, 0) is 64.8 Å². The number of aromatic hydroxyl groups is 1. The Kier molecular flexibility index (Phi) is 2.54. The number of rotatable bonds is 3. The number of nitrogens with two attached hydrogens (primary N) is 1. The lowest BCUT2D eigenvalue weighted by molar-refractivity contribution is 0.470. The Morgan fingerprint density at radius 2 is 2.14 bits per heavy atom. The van der Waals surface area contributed by atoms with Crippen LogP contribution in [0, 0.1) is 5.41 Å². The molecule has 0 atom stereocenters. The monoisotopic (exact) mass is 255 g/mol. The lowest BCUT2D eigenvalue weighted by Gasteiger charge is -2.12. The Labute approximate surface area is 92.3 Å². The summed E-state index contributed by atoms with van der Waals surface area (Å²) < 4.78 is 0.767. The third kappa shape index (κ3) is 1.93. The summed E-state index contributed by atoms with van der Waals surface area (Å²) in [6.07, 6.45) is 3.51. The van der Waals surface area contributed by atoms with Crippen molar-refractivity contribution in [3.63, 3.8) is 0 Å². The Bertz CT molecular complexity index is 347. The minimum Gasteiger partial charge on any atom is -0.507 e. The zero-order chi connectivity index (χ0) is 10.2. The van der Waals surface area contributed by atoms with Gasteiger partial charge in [0.1, 0.15) is 5.75 Å². The van der Waals surface area contributed by atoms with E-state index in [2.05, 4.69) is 15.9 Å². The molecule has 0 aromatic heterocycles. The first kappa shape index (κ1) is 9.99. The molecule has 1 aliphatic rings. The molecule has 2 nitrogen and oxygen atoms in total. The number of phenolic OH excluding ortho intramolecular Hbond substituents is 1. The van der Waals surface area contributed by atoms with Crippen molar-refractivity contribution in [1.82, 2.24) is 0 Å². The van der Waals surface area contributed by atoms with Crippen LogP contribution in [0.25, 0.3) is 0 Å². The van der Waals surface area contributed by atoms with Crippen LogP contribution in [0.3, 0.4) is 0 Å². The molecule has 1 saturated carbocycles. The summed E-state index contributed by atoms with van der Waals surface area (Å²) in [5, 5.41) is 9.34. The van der Waals surface area contributed by atoms with E-state index in [1.165, 1.54) is 18.4 Å². The molecular weight excluding hydrogens is 242 g/mol. The van der Waals surface area contributed by atoms with Gasteiger partial charge in [-0.3, -0.25) is 0 Å². The van der Waals surface area contributed by atoms with E-state index >= 15 is 0 Å². The highest BCUT2D eigenvalue weighted by atomic mass is 79.9. The molecule has 0 aliphatic heterocycles. The van der Waals surface area contributed by atoms with Crippen LogP contribution < -0.4 is 5.73 Å². The van der Waals surface area contributed by atoms with Crippen molar-refractivity contribution in [2.24, 2.45) is 11.1 Å². The van der Waals surface area contributed by atoms with Crippen LogP contribution in [-0.4, -0.2) is 11.7 Å². The molecule has 0 radical (unpaired) electrons. The average molecular weight is 256 g/mol. The molecule has 0 unspecified atom stereocenters. The summed E-state index contributed by atoms with van der Waals surface area (Å²) in [5.74, 6) is 0.298. The predicted octanol–water partition coefficient (Wildman–Crippen LogP) is 2.44. The zero-order valence-corrected chi connectivity index (χ0v) is 9.55. The number of phenols is 1. The smallest absolute Gasteiger partial charge is 0.129 e. The van der Waals surface area contributed by atoms with Gasteiger partial charge in [-0.2, -0.15) is 0 Å². The van der Waals surface area contributed by atoms with Gasteiger partial charge < -0.3 is 10.8 Å². The van der Waals surface area contributed by atoms with Crippen LogP contribution in [0.15, 0.2) is 22.7 Å². The highest BCUT2D eigenvalue weighted by Crippen LogP contribution is 2.47. The summed E-state index contributed by atoms with van der Waals surface area (Å²) in [7, 11) is 0. The fourth-order valence-corrected chi connectivity index (χ4v) is 2.15. The van der Waals surface area contributed by atoms with Gasteiger partial charge in [0.2, 0.25) is 0 Å². The predicted molar refractivity (Wildman–Crippen MR) is 60.2 cm³/mol. The van der Waals surface area contributed by atoms with E-state index in [9.17, 15) is 5.11 Å². The van der Waals surface area contributed by atoms with Crippen LogP contribution in [0.4, 0.5) is 0 Å². The van der Waals surface area contributed by atoms with E-state index < -0.39 is 0 Å². The fourth-order valence-electron chi connectivity index (χ4n) is 1.72. The first-order chi connectivity index (χ1) is 6.65. The second kappa shape index (κ2) is 3.55. The normalized spacial score (nSPS) is 18.1. The SMILES string of the molecule is NCC1(Cc2ccc(O)c(Br)c2)CC1. The van der Waals surface area contributed by atoms with Gasteiger partial charge in [-0.1, -0.05) is 6.07 Å². The summed E-state index contributed by atoms with van der Waals surface area (Å²) in [6.45, 7) is 0.769. The Hall–Kier alpha value is -0.540. The van der Waals surface area contributed by atoms with Crippen LogP contribution >= 0.6 is 15.9 Å². The van der Waals surface area contributed by atoms with Crippen molar-refractivity contribution >= 4 is 15.9 Å². The maximum atomic E-state index is 9.34. The maximum absolute atomic E-state index is 9.34. The van der Waals surface area contributed by atoms with Crippen molar-refractivity contribution in [2.45, 2.75) is 19.3 Å². The summed E-state index contributed by atoms with van der Waals surface area (Å²) in [6, 6.07) is 5.67. The second-order valence-electron chi connectivity index (χ2n) is 4.17. The molecule has 0 amide bonds. The van der Waals surface area contributed by atoms with Crippen LogP contribution in [0.1, 0.15) is 18.4 Å². The Balaban J connectivity index is 2.14. The largest absolute Gasteiger partial charge is 0.507 e. The minimum atomic E-state index is 0.298. The molecule has 0 saturated heterocycles. The number of hydrogen-bond donors (Lipinski definition) is 2. The molecule has 1 fully saturated rings. The van der Waals surface area contributed by atoms with Crippen molar-refractivity contribution in [3.8, 4) is 5.75 Å². The van der Waals surface area contributed by atoms with Crippen LogP contribution in [0.2, 0.25) is 0 Å². The summed E-state index contributed by atoms with van der Waals surface area (Å²) in [4.78, 5) is 0. The summed E-state index contributed by atoms with van der Waals surface area (Å²) in [5.41, 5.74) is 7.33. The maximum Gasteiger partial charge on any atom is 0.129 e. The van der Waals surface area contributed by atoms with Gasteiger partial charge in [0, 0.05) is 0 Å². The standard InChI is InChI=1S/C11H14BrNO/c12-9-5-8(1-2-10(9)14)6-11(7-13)3-4-11/h1-2,5,14H,3-4,6-7,13H2. The minimum absolute atomic E-state index is 0.298. The fraction of sp³-hybridized carbons (Fsp3) is 0.455. The van der Waals surface area contributed by atoms with E-state index in [0.29, 0.717) is 11.2 Å². The average Bonchev–Trinajstić information content (AvgIpc) is 2.93. The molecule has 0 heterocycles. The highest BCUT2D eigenvalue weighted by Gasteiger charge is 2.40. The molecule has 1 aliphatic carbocycles. The quantitative estimate of drug-likeness (QED) is 0.872. The van der Waals surface area contributed by atoms with Crippen LogP contribution in [-0.2, 0) is 6.42 Å². The molecule has 2 rings (SSSR count). The lowest BCUT2D eigenvalue weighted by Crippen LogP contribution is -2.17. The van der Waals surface area contributed by atoms with Crippen molar-refractivity contribution in [3.05, 3.63) is 28.2 Å². The molecule has 3 N–H and O–H groups in total. The Morgan fingerprint density at radius 1 is 1.43 bits per heavy atom. The van der Waals surface area contributed by atoms with Crippen LogP contribution in [0.5, 0.6) is 5.75 Å². The van der Waals surface area contributed by atoms with Gasteiger partial charge in [0.05, 0.1) is 4.47 Å². The molecule has 14 heavy (non-hydrogen) atoms. The van der Waals surface area contributed by atoms with E-state index in [1.54, 1.807) is 6.07 Å². The molecule has 3 heteroatoms. The van der Waals surface area contributed by atoms with E-state index in [4.69, 9.17) is 5.73 Å². The topological polar surface area (TPSA) is 46.2 Å². The molecule has 1 aromatic carbocycles. The number of benzene rings is 1. The number of hydrogen-bond acceptors (Lipinski definition) is 2. The van der Waals surface area contributed by atoms with Gasteiger partial charge in [0.15, 0.2) is 0 Å². The molecule has 0 spiro atoms. The first-order valence-corrected chi connectivity index (χ1v) is 5.62. The Morgan fingerprint density at radius 3 is 2.64 bits per heavy atom. The van der Waals surface area contributed by atoms with Crippen molar-refractivity contribution < 1.29 is 5.11 Å². The number of halogens is 1. The van der Waals surface area contributed by atoms with Crippen molar-refractivity contribution in [2.75, 3.05) is 6.54 Å². The third-order valence-electron chi connectivity index (χ3n) is 2.98. The zero-order valence-electron chi connectivity index (χ0n) is 7.96. The lowest BCUT2D eigenvalue weighted by atomic mass is 9.97. The molecule has 0 bridgehead atoms. The van der Waals surface area contributed by atoms with Crippen molar-refractivity contribution in [1.29, 1.82) is 0 Å². The van der Waals surface area contributed by atoms with E-state index in [0.717, 1.165) is 17.4 Å². The highest BCUT2D eigenvalue weighted by molar-refractivity contribution is 9.10.